The predicted octanol–water partition coefficient (Wildman–Crippen LogP) is 2.50. The molecule has 4 atom stereocenters. The molecular weight excluding hydrogens is 456 g/mol. The third-order valence-corrected chi connectivity index (χ3v) is 7.13. The Morgan fingerprint density at radius 3 is 2.53 bits per heavy atom. The third kappa shape index (κ3) is 5.96. The van der Waals surface area contributed by atoms with Crippen molar-refractivity contribution in [2.24, 2.45) is 5.92 Å². The van der Waals surface area contributed by atoms with Gasteiger partial charge in [0.15, 0.2) is 5.65 Å². The summed E-state index contributed by atoms with van der Waals surface area (Å²) in [7, 11) is 0. The number of carbonyl (C=O) groups excluding carboxylic acids is 2. The Bertz CT molecular complexity index is 1100. The minimum atomic E-state index is -0.143. The van der Waals surface area contributed by atoms with Gasteiger partial charge < -0.3 is 20.9 Å². The normalized spacial score (nSPS) is 25.4. The number of carbonyl (C=O) groups is 2. The Morgan fingerprint density at radius 2 is 1.86 bits per heavy atom. The average Bonchev–Trinajstić information content (AvgIpc) is 3.35. The number of amides is 2. The van der Waals surface area contributed by atoms with Crippen molar-refractivity contribution in [1.82, 2.24) is 35.1 Å². The first kappa shape index (κ1) is 26.3. The summed E-state index contributed by atoms with van der Waals surface area (Å²) in [6, 6.07) is 2.27. The molecule has 1 aliphatic heterocycles. The summed E-state index contributed by atoms with van der Waals surface area (Å²) in [5.74, 6) is 0.543. The van der Waals surface area contributed by atoms with E-state index < -0.39 is 0 Å². The van der Waals surface area contributed by atoms with E-state index in [1.54, 1.807) is 11.4 Å². The van der Waals surface area contributed by atoms with Crippen LogP contribution in [0.15, 0.2) is 12.4 Å². The molecule has 0 bridgehead atoms. The van der Waals surface area contributed by atoms with E-state index in [4.69, 9.17) is 5.10 Å². The highest BCUT2D eigenvalue weighted by atomic mass is 16.2. The standard InChI is InChI=1S/C26H42N8O2/c1-16(35)30-19-12-18(31-26(5,6)7)8-9-20(19)33-11-10-17(23(33)36)14-27-24-29-15-28-22-13-21(25(2,3)4)32-34(22)24/h13,15,17-20,31H,8-12,14H2,1-7H3,(H,30,35)(H,27,28,29). The summed E-state index contributed by atoms with van der Waals surface area (Å²) in [6.07, 6.45) is 4.98. The van der Waals surface area contributed by atoms with E-state index in [1.807, 2.05) is 11.0 Å². The van der Waals surface area contributed by atoms with Crippen molar-refractivity contribution in [3.63, 3.8) is 0 Å². The highest BCUT2D eigenvalue weighted by Gasteiger charge is 2.42. The lowest BCUT2D eigenvalue weighted by molar-refractivity contribution is -0.134. The van der Waals surface area contributed by atoms with E-state index in [0.29, 0.717) is 25.1 Å². The van der Waals surface area contributed by atoms with Crippen LogP contribution in [0.5, 0.6) is 0 Å². The van der Waals surface area contributed by atoms with Crippen LogP contribution in [0.4, 0.5) is 5.95 Å². The molecule has 36 heavy (non-hydrogen) atoms. The summed E-state index contributed by atoms with van der Waals surface area (Å²) in [6.45, 7) is 15.6. The zero-order valence-corrected chi connectivity index (χ0v) is 22.8. The molecule has 10 nitrogen and oxygen atoms in total. The summed E-state index contributed by atoms with van der Waals surface area (Å²) < 4.78 is 1.72. The fourth-order valence-electron chi connectivity index (χ4n) is 5.49. The lowest BCUT2D eigenvalue weighted by atomic mass is 9.84. The van der Waals surface area contributed by atoms with Gasteiger partial charge in [0.05, 0.1) is 23.7 Å². The molecule has 0 aromatic carbocycles. The molecule has 2 aliphatic rings. The van der Waals surface area contributed by atoms with E-state index >= 15 is 0 Å². The monoisotopic (exact) mass is 498 g/mol. The van der Waals surface area contributed by atoms with Crippen molar-refractivity contribution in [1.29, 1.82) is 0 Å². The Morgan fingerprint density at radius 1 is 1.11 bits per heavy atom. The lowest BCUT2D eigenvalue weighted by Gasteiger charge is -2.43. The van der Waals surface area contributed by atoms with Crippen LogP contribution in [0.2, 0.25) is 0 Å². The number of nitrogens with one attached hydrogen (secondary N) is 3. The number of anilines is 1. The summed E-state index contributed by atoms with van der Waals surface area (Å²) >= 11 is 0. The van der Waals surface area contributed by atoms with Crippen molar-refractivity contribution in [3.05, 3.63) is 18.1 Å². The van der Waals surface area contributed by atoms with Crippen molar-refractivity contribution >= 4 is 23.4 Å². The fraction of sp³-hybridized carbons (Fsp3) is 0.731. The van der Waals surface area contributed by atoms with E-state index in [-0.39, 0.29) is 40.8 Å². The van der Waals surface area contributed by atoms with Gasteiger partial charge >= 0.3 is 0 Å². The van der Waals surface area contributed by atoms with E-state index in [0.717, 1.165) is 37.0 Å². The molecule has 3 N–H and O–H groups in total. The van der Waals surface area contributed by atoms with Gasteiger partial charge in [-0.2, -0.15) is 9.61 Å². The molecule has 0 radical (unpaired) electrons. The van der Waals surface area contributed by atoms with Gasteiger partial charge in [-0.1, -0.05) is 20.8 Å². The Balaban J connectivity index is 1.42. The number of nitrogens with zero attached hydrogens (tertiary/aromatic N) is 5. The van der Waals surface area contributed by atoms with Crippen LogP contribution < -0.4 is 16.0 Å². The highest BCUT2D eigenvalue weighted by molar-refractivity contribution is 5.82. The molecule has 198 valence electrons. The Hall–Kier alpha value is -2.75. The lowest BCUT2D eigenvalue weighted by Crippen LogP contribution is -2.59. The van der Waals surface area contributed by atoms with Gasteiger partial charge in [-0.3, -0.25) is 9.59 Å². The highest BCUT2D eigenvalue weighted by Crippen LogP contribution is 2.30. The van der Waals surface area contributed by atoms with Gasteiger partial charge in [0, 0.05) is 43.1 Å². The second-order valence-electron chi connectivity index (χ2n) is 12.4. The largest absolute Gasteiger partial charge is 0.353 e. The van der Waals surface area contributed by atoms with Gasteiger partial charge in [0.1, 0.15) is 6.33 Å². The molecule has 1 aliphatic carbocycles. The van der Waals surface area contributed by atoms with Crippen LogP contribution >= 0.6 is 0 Å². The molecule has 4 unspecified atom stereocenters. The molecule has 2 aromatic rings. The van der Waals surface area contributed by atoms with Crippen molar-refractivity contribution in [2.75, 3.05) is 18.4 Å². The van der Waals surface area contributed by atoms with Crippen LogP contribution in [0.1, 0.15) is 79.8 Å². The number of hydrogen-bond donors (Lipinski definition) is 3. The number of aromatic nitrogens is 4. The predicted molar refractivity (Wildman–Crippen MR) is 140 cm³/mol. The molecule has 1 saturated carbocycles. The molecule has 2 aromatic heterocycles. The number of fused-ring (bicyclic) bond motifs is 1. The zero-order chi connectivity index (χ0) is 26.3. The molecule has 2 fully saturated rings. The smallest absolute Gasteiger partial charge is 0.227 e. The maximum Gasteiger partial charge on any atom is 0.227 e. The van der Waals surface area contributed by atoms with Crippen LogP contribution in [-0.4, -0.2) is 73.1 Å². The molecule has 10 heteroatoms. The maximum absolute atomic E-state index is 13.5. The van der Waals surface area contributed by atoms with E-state index in [1.165, 1.54) is 6.33 Å². The van der Waals surface area contributed by atoms with Crippen LogP contribution in [0.25, 0.3) is 5.65 Å². The minimum Gasteiger partial charge on any atom is -0.353 e. The summed E-state index contributed by atoms with van der Waals surface area (Å²) in [4.78, 5) is 36.2. The summed E-state index contributed by atoms with van der Waals surface area (Å²) in [5.41, 5.74) is 1.58. The minimum absolute atomic E-state index is 0.00708. The third-order valence-electron chi connectivity index (χ3n) is 7.13. The van der Waals surface area contributed by atoms with Crippen molar-refractivity contribution in [3.8, 4) is 0 Å². The van der Waals surface area contributed by atoms with E-state index in [9.17, 15) is 9.59 Å². The Kier molecular flexibility index (Phi) is 7.28. The first-order valence-corrected chi connectivity index (χ1v) is 13.1. The molecule has 0 spiro atoms. The van der Waals surface area contributed by atoms with Gasteiger partial charge in [0.25, 0.3) is 0 Å². The zero-order valence-electron chi connectivity index (χ0n) is 22.8. The number of rotatable bonds is 6. The van der Waals surface area contributed by atoms with Gasteiger partial charge in [-0.05, 0) is 46.5 Å². The maximum atomic E-state index is 13.5. The summed E-state index contributed by atoms with van der Waals surface area (Å²) in [5, 5.41) is 14.8. The molecule has 4 rings (SSSR count). The SMILES string of the molecule is CC(=O)NC1CC(NC(C)(C)C)CCC1N1CCC(CNc2ncnc3cc(C(C)(C)C)nn23)C1=O. The topological polar surface area (TPSA) is 117 Å². The molecule has 3 heterocycles. The molecule has 2 amide bonds. The second-order valence-corrected chi connectivity index (χ2v) is 12.4. The second kappa shape index (κ2) is 9.95. The van der Waals surface area contributed by atoms with Crippen molar-refractivity contribution < 1.29 is 9.59 Å². The number of hydrogen-bond acceptors (Lipinski definition) is 7. The van der Waals surface area contributed by atoms with Crippen molar-refractivity contribution in [2.45, 2.75) is 103 Å². The average molecular weight is 499 g/mol. The molecule has 1 saturated heterocycles. The Labute approximate surface area is 214 Å². The molecular formula is C26H42N8O2. The van der Waals surface area contributed by atoms with Crippen LogP contribution in [0, 0.1) is 5.92 Å². The van der Waals surface area contributed by atoms with Crippen LogP contribution in [-0.2, 0) is 15.0 Å². The van der Waals surface area contributed by atoms with Gasteiger partial charge in [-0.15, -0.1) is 0 Å². The van der Waals surface area contributed by atoms with E-state index in [2.05, 4.69) is 67.5 Å². The first-order valence-electron chi connectivity index (χ1n) is 13.1. The van der Waals surface area contributed by atoms with Crippen LogP contribution in [0.3, 0.4) is 0 Å². The first-order chi connectivity index (χ1) is 16.8. The number of likely N-dealkylation sites (tertiary alicyclic amines) is 1. The van der Waals surface area contributed by atoms with Gasteiger partial charge in [0.2, 0.25) is 17.8 Å². The fourth-order valence-corrected chi connectivity index (χ4v) is 5.49. The quantitative estimate of drug-likeness (QED) is 0.560. The van der Waals surface area contributed by atoms with Gasteiger partial charge in [-0.25, -0.2) is 9.97 Å².